The second-order valence-corrected chi connectivity index (χ2v) is 5.32. The van der Waals surface area contributed by atoms with Crippen molar-refractivity contribution in [1.29, 1.82) is 0 Å². The second-order valence-electron chi connectivity index (χ2n) is 5.32. The average molecular weight is 270 g/mol. The fourth-order valence-corrected chi connectivity index (χ4v) is 2.81. The zero-order valence-corrected chi connectivity index (χ0v) is 11.5. The molecule has 1 aliphatic rings. The van der Waals surface area contributed by atoms with Crippen LogP contribution in [-0.4, -0.2) is 26.6 Å². The summed E-state index contributed by atoms with van der Waals surface area (Å²) in [7, 11) is 1.89. The molecule has 1 amide bonds. The van der Waals surface area contributed by atoms with Crippen LogP contribution < -0.4 is 5.73 Å². The Morgan fingerprint density at radius 2 is 2.15 bits per heavy atom. The van der Waals surface area contributed by atoms with Gasteiger partial charge in [-0.1, -0.05) is 24.3 Å². The summed E-state index contributed by atoms with van der Waals surface area (Å²) in [6.45, 7) is 1.44. The monoisotopic (exact) mass is 270 g/mol. The van der Waals surface area contributed by atoms with Gasteiger partial charge < -0.3 is 5.73 Å². The summed E-state index contributed by atoms with van der Waals surface area (Å²) >= 11 is 0. The maximum absolute atomic E-state index is 11.7. The van der Waals surface area contributed by atoms with E-state index in [0.29, 0.717) is 13.0 Å². The first-order valence-corrected chi connectivity index (χ1v) is 6.71. The van der Waals surface area contributed by atoms with E-state index in [1.807, 2.05) is 31.6 Å². The molecule has 0 unspecified atom stereocenters. The molecule has 2 N–H and O–H groups in total. The molecule has 1 aromatic heterocycles. The van der Waals surface area contributed by atoms with Crippen molar-refractivity contribution in [3.63, 3.8) is 0 Å². The summed E-state index contributed by atoms with van der Waals surface area (Å²) in [6, 6.07) is 7.99. The molecule has 2 heterocycles. The maximum Gasteiger partial charge on any atom is 0.235 e. The summed E-state index contributed by atoms with van der Waals surface area (Å²) in [5.74, 6) is -0.261. The van der Waals surface area contributed by atoms with Crippen LogP contribution in [0, 0.1) is 0 Å². The van der Waals surface area contributed by atoms with Crippen LogP contribution in [0.25, 0.3) is 0 Å². The molecular weight excluding hydrogens is 252 g/mol. The van der Waals surface area contributed by atoms with Crippen molar-refractivity contribution in [1.82, 2.24) is 14.7 Å². The summed E-state index contributed by atoms with van der Waals surface area (Å²) < 4.78 is 1.77. The zero-order valence-electron chi connectivity index (χ0n) is 11.5. The summed E-state index contributed by atoms with van der Waals surface area (Å²) in [5, 5.41) is 4.17. The molecule has 1 atom stereocenters. The molecule has 3 rings (SSSR count). The third kappa shape index (κ3) is 2.44. The van der Waals surface area contributed by atoms with Crippen LogP contribution in [0.15, 0.2) is 36.7 Å². The smallest absolute Gasteiger partial charge is 0.235 e. The highest BCUT2D eigenvalue weighted by Gasteiger charge is 2.29. The molecule has 0 bridgehead atoms. The lowest BCUT2D eigenvalue weighted by molar-refractivity contribution is -0.124. The van der Waals surface area contributed by atoms with Crippen molar-refractivity contribution >= 4 is 5.91 Å². The SMILES string of the molecule is Cn1cc(CN2Cc3ccccc3C[C@H]2C(N)=O)cn1. The van der Waals surface area contributed by atoms with Gasteiger partial charge >= 0.3 is 0 Å². The third-order valence-corrected chi connectivity index (χ3v) is 3.82. The molecule has 5 heteroatoms. The predicted molar refractivity (Wildman–Crippen MR) is 75.6 cm³/mol. The van der Waals surface area contributed by atoms with Crippen molar-refractivity contribution in [2.75, 3.05) is 0 Å². The number of amides is 1. The standard InChI is InChI=1S/C15H18N4O/c1-18-8-11(7-17-18)9-19-10-13-5-3-2-4-12(13)6-14(19)15(16)20/h2-5,7-8,14H,6,9-10H2,1H3,(H2,16,20)/t14-/m0/s1. The topological polar surface area (TPSA) is 64.2 Å². The molecule has 0 spiro atoms. The largest absolute Gasteiger partial charge is 0.368 e. The predicted octanol–water partition coefficient (Wildman–Crippen LogP) is 0.832. The zero-order chi connectivity index (χ0) is 14.1. The minimum atomic E-state index is -0.261. The summed E-state index contributed by atoms with van der Waals surface area (Å²) in [5.41, 5.74) is 9.16. The van der Waals surface area contributed by atoms with Crippen LogP contribution in [0.4, 0.5) is 0 Å². The number of hydrogen-bond donors (Lipinski definition) is 1. The maximum atomic E-state index is 11.7. The number of aromatic nitrogens is 2. The van der Waals surface area contributed by atoms with Gasteiger partial charge in [0.25, 0.3) is 0 Å². The van der Waals surface area contributed by atoms with Gasteiger partial charge in [-0.2, -0.15) is 5.10 Å². The van der Waals surface area contributed by atoms with E-state index in [1.54, 1.807) is 4.68 Å². The van der Waals surface area contributed by atoms with Crippen molar-refractivity contribution in [2.45, 2.75) is 25.6 Å². The number of aryl methyl sites for hydroxylation is 1. The Labute approximate surface area is 118 Å². The number of hydrogen-bond acceptors (Lipinski definition) is 3. The lowest BCUT2D eigenvalue weighted by Gasteiger charge is -2.34. The van der Waals surface area contributed by atoms with Crippen LogP contribution in [0.2, 0.25) is 0 Å². The Morgan fingerprint density at radius 1 is 1.40 bits per heavy atom. The minimum absolute atomic E-state index is 0.245. The van der Waals surface area contributed by atoms with E-state index in [0.717, 1.165) is 12.1 Å². The van der Waals surface area contributed by atoms with Gasteiger partial charge in [-0.15, -0.1) is 0 Å². The first kappa shape index (κ1) is 12.9. The number of benzene rings is 1. The number of nitrogens with two attached hydrogens (primary N) is 1. The lowest BCUT2D eigenvalue weighted by Crippen LogP contribution is -2.48. The van der Waals surface area contributed by atoms with Crippen molar-refractivity contribution < 1.29 is 4.79 Å². The van der Waals surface area contributed by atoms with E-state index in [4.69, 9.17) is 5.73 Å². The molecule has 0 saturated heterocycles. The number of fused-ring (bicyclic) bond motifs is 1. The average Bonchev–Trinajstić information content (AvgIpc) is 2.83. The number of nitrogens with zero attached hydrogens (tertiary/aromatic N) is 3. The fourth-order valence-electron chi connectivity index (χ4n) is 2.81. The van der Waals surface area contributed by atoms with Gasteiger partial charge in [0.05, 0.1) is 12.2 Å². The van der Waals surface area contributed by atoms with E-state index in [9.17, 15) is 4.79 Å². The third-order valence-electron chi connectivity index (χ3n) is 3.82. The minimum Gasteiger partial charge on any atom is -0.368 e. The molecule has 0 saturated carbocycles. The Bertz CT molecular complexity index is 634. The van der Waals surface area contributed by atoms with Gasteiger partial charge in [-0.05, 0) is 17.5 Å². The molecule has 2 aromatic rings. The molecule has 0 radical (unpaired) electrons. The Kier molecular flexibility index (Phi) is 3.28. The highest BCUT2D eigenvalue weighted by atomic mass is 16.1. The van der Waals surface area contributed by atoms with Crippen LogP contribution in [0.3, 0.4) is 0 Å². The molecule has 0 fully saturated rings. The van der Waals surface area contributed by atoms with Crippen LogP contribution >= 0.6 is 0 Å². The number of carbonyl (C=O) groups is 1. The van der Waals surface area contributed by atoms with Gasteiger partial charge in [0.15, 0.2) is 0 Å². The van der Waals surface area contributed by atoms with Crippen molar-refractivity contribution in [2.24, 2.45) is 12.8 Å². The van der Waals surface area contributed by atoms with Crippen molar-refractivity contribution in [3.8, 4) is 0 Å². The van der Waals surface area contributed by atoms with Gasteiger partial charge in [0.2, 0.25) is 5.91 Å². The molecule has 1 aliphatic heterocycles. The first-order chi connectivity index (χ1) is 9.63. The van der Waals surface area contributed by atoms with E-state index in [2.05, 4.69) is 22.1 Å². The second kappa shape index (κ2) is 5.09. The normalized spacial score (nSPS) is 18.8. The fraction of sp³-hybridized carbons (Fsp3) is 0.333. The highest BCUT2D eigenvalue weighted by molar-refractivity contribution is 5.80. The van der Waals surface area contributed by atoms with Crippen LogP contribution in [0.1, 0.15) is 16.7 Å². The Hall–Kier alpha value is -2.14. The summed E-state index contributed by atoms with van der Waals surface area (Å²) in [4.78, 5) is 13.9. The first-order valence-electron chi connectivity index (χ1n) is 6.71. The molecule has 5 nitrogen and oxygen atoms in total. The van der Waals surface area contributed by atoms with Gasteiger partial charge in [0, 0.05) is 31.9 Å². The highest BCUT2D eigenvalue weighted by Crippen LogP contribution is 2.24. The van der Waals surface area contributed by atoms with Crippen LogP contribution in [-0.2, 0) is 31.4 Å². The van der Waals surface area contributed by atoms with Gasteiger partial charge in [0.1, 0.15) is 0 Å². The quantitative estimate of drug-likeness (QED) is 0.898. The van der Waals surface area contributed by atoms with E-state index in [-0.39, 0.29) is 11.9 Å². The summed E-state index contributed by atoms with van der Waals surface area (Å²) in [6.07, 6.45) is 4.49. The van der Waals surface area contributed by atoms with E-state index >= 15 is 0 Å². The number of carbonyl (C=O) groups excluding carboxylic acids is 1. The van der Waals surface area contributed by atoms with Crippen molar-refractivity contribution in [3.05, 3.63) is 53.3 Å². The molecule has 20 heavy (non-hydrogen) atoms. The molecular formula is C15H18N4O. The number of primary amides is 1. The van der Waals surface area contributed by atoms with Crippen LogP contribution in [0.5, 0.6) is 0 Å². The molecule has 1 aromatic carbocycles. The van der Waals surface area contributed by atoms with E-state index < -0.39 is 0 Å². The molecule has 104 valence electrons. The van der Waals surface area contributed by atoms with Gasteiger partial charge in [-0.25, -0.2) is 0 Å². The van der Waals surface area contributed by atoms with E-state index in [1.165, 1.54) is 11.1 Å². The van der Waals surface area contributed by atoms with Gasteiger partial charge in [-0.3, -0.25) is 14.4 Å². The lowest BCUT2D eigenvalue weighted by atomic mass is 9.93. The Balaban J connectivity index is 1.86. The Morgan fingerprint density at radius 3 is 2.80 bits per heavy atom. The molecule has 0 aliphatic carbocycles. The number of rotatable bonds is 3.